The molecule has 0 aliphatic carbocycles. The van der Waals surface area contributed by atoms with Crippen molar-refractivity contribution in [1.29, 1.82) is 0 Å². The summed E-state index contributed by atoms with van der Waals surface area (Å²) in [5.74, 6) is 0. The molecular formula is C14H15ClN2. The Morgan fingerprint density at radius 3 is 2.53 bits per heavy atom. The molecule has 17 heavy (non-hydrogen) atoms. The third-order valence-electron chi connectivity index (χ3n) is 3.19. The predicted molar refractivity (Wildman–Crippen MR) is 74.9 cm³/mol. The van der Waals surface area contributed by atoms with Gasteiger partial charge in [-0.1, -0.05) is 18.2 Å². The number of hydrogen-bond donors (Lipinski definition) is 0. The number of aromatic nitrogens is 2. The number of benzene rings is 1. The molecule has 0 spiro atoms. The standard InChI is InChI=1S/C14H14N2.ClH/c1-9-8-12-11-6-4-5-7-13(11)16(3)14(12)10(2)15-9;/h4-8H,1-3H3;1H. The number of para-hydroxylation sites is 1. The van der Waals surface area contributed by atoms with Crippen LogP contribution in [0.15, 0.2) is 30.3 Å². The van der Waals surface area contributed by atoms with Crippen LogP contribution in [0.1, 0.15) is 11.4 Å². The van der Waals surface area contributed by atoms with Gasteiger partial charge in [0.1, 0.15) is 0 Å². The van der Waals surface area contributed by atoms with E-state index in [9.17, 15) is 0 Å². The molecule has 0 atom stereocenters. The minimum atomic E-state index is 0. The van der Waals surface area contributed by atoms with Gasteiger partial charge in [-0.05, 0) is 26.0 Å². The summed E-state index contributed by atoms with van der Waals surface area (Å²) in [7, 11) is 2.11. The van der Waals surface area contributed by atoms with E-state index in [0.717, 1.165) is 11.4 Å². The van der Waals surface area contributed by atoms with Gasteiger partial charge in [0.15, 0.2) is 0 Å². The maximum atomic E-state index is 4.54. The van der Waals surface area contributed by atoms with E-state index >= 15 is 0 Å². The highest BCUT2D eigenvalue weighted by atomic mass is 35.5. The fraction of sp³-hybridized carbons (Fsp3) is 0.214. The van der Waals surface area contributed by atoms with Crippen molar-refractivity contribution in [1.82, 2.24) is 9.55 Å². The highest BCUT2D eigenvalue weighted by Gasteiger charge is 2.10. The van der Waals surface area contributed by atoms with Gasteiger partial charge in [0.05, 0.1) is 11.2 Å². The average molecular weight is 247 g/mol. The van der Waals surface area contributed by atoms with Gasteiger partial charge in [-0.15, -0.1) is 12.4 Å². The zero-order valence-corrected chi connectivity index (χ0v) is 11.0. The molecule has 0 aliphatic rings. The van der Waals surface area contributed by atoms with Crippen LogP contribution in [0.3, 0.4) is 0 Å². The fourth-order valence-electron chi connectivity index (χ4n) is 2.56. The van der Waals surface area contributed by atoms with E-state index < -0.39 is 0 Å². The van der Waals surface area contributed by atoms with Crippen molar-refractivity contribution in [2.24, 2.45) is 7.05 Å². The molecule has 0 amide bonds. The summed E-state index contributed by atoms with van der Waals surface area (Å²) >= 11 is 0. The van der Waals surface area contributed by atoms with Gasteiger partial charge < -0.3 is 4.57 Å². The highest BCUT2D eigenvalue weighted by molar-refractivity contribution is 6.08. The Bertz CT molecular complexity index is 698. The Labute approximate surface area is 107 Å². The van der Waals surface area contributed by atoms with Gasteiger partial charge in [0, 0.05) is 29.0 Å². The van der Waals surface area contributed by atoms with Crippen molar-refractivity contribution in [2.75, 3.05) is 0 Å². The lowest BCUT2D eigenvalue weighted by Gasteiger charge is -2.01. The normalized spacial score (nSPS) is 10.8. The van der Waals surface area contributed by atoms with Gasteiger partial charge in [-0.25, -0.2) is 0 Å². The summed E-state index contributed by atoms with van der Waals surface area (Å²) in [5.41, 5.74) is 4.70. The zero-order valence-electron chi connectivity index (χ0n) is 10.2. The van der Waals surface area contributed by atoms with E-state index in [2.05, 4.69) is 53.9 Å². The van der Waals surface area contributed by atoms with Crippen LogP contribution in [0.5, 0.6) is 0 Å². The Hall–Kier alpha value is -1.54. The molecule has 0 bridgehead atoms. The smallest absolute Gasteiger partial charge is 0.0705 e. The van der Waals surface area contributed by atoms with Crippen LogP contribution in [0.2, 0.25) is 0 Å². The van der Waals surface area contributed by atoms with E-state index in [4.69, 9.17) is 0 Å². The quantitative estimate of drug-likeness (QED) is 0.591. The second-order valence-electron chi connectivity index (χ2n) is 4.32. The number of halogens is 1. The second kappa shape index (κ2) is 4.04. The molecule has 2 heterocycles. The summed E-state index contributed by atoms with van der Waals surface area (Å²) in [6.07, 6.45) is 0. The van der Waals surface area contributed by atoms with E-state index in [1.807, 2.05) is 6.92 Å². The Balaban J connectivity index is 0.00000108. The molecule has 0 N–H and O–H groups in total. The molecule has 0 unspecified atom stereocenters. The molecule has 0 aliphatic heterocycles. The van der Waals surface area contributed by atoms with Crippen LogP contribution in [-0.4, -0.2) is 9.55 Å². The number of pyridine rings is 1. The molecule has 3 rings (SSSR count). The first-order chi connectivity index (χ1) is 7.68. The maximum Gasteiger partial charge on any atom is 0.0705 e. The molecule has 3 heteroatoms. The first-order valence-electron chi connectivity index (χ1n) is 5.50. The van der Waals surface area contributed by atoms with Crippen LogP contribution in [-0.2, 0) is 7.05 Å². The van der Waals surface area contributed by atoms with Crippen molar-refractivity contribution in [2.45, 2.75) is 13.8 Å². The third kappa shape index (κ3) is 1.60. The number of rotatable bonds is 0. The molecule has 0 saturated heterocycles. The van der Waals surface area contributed by atoms with Gasteiger partial charge in [0.25, 0.3) is 0 Å². The molecule has 88 valence electrons. The first-order valence-corrected chi connectivity index (χ1v) is 5.50. The fourth-order valence-corrected chi connectivity index (χ4v) is 2.56. The lowest BCUT2D eigenvalue weighted by atomic mass is 10.1. The van der Waals surface area contributed by atoms with Crippen molar-refractivity contribution in [3.05, 3.63) is 41.7 Å². The SMILES string of the molecule is Cc1cc2c3ccccc3n(C)c2c(C)n1.Cl. The van der Waals surface area contributed by atoms with Crippen molar-refractivity contribution < 1.29 is 0 Å². The Morgan fingerprint density at radius 2 is 1.76 bits per heavy atom. The lowest BCUT2D eigenvalue weighted by molar-refractivity contribution is 0.992. The summed E-state index contributed by atoms with van der Waals surface area (Å²) in [6, 6.07) is 10.7. The van der Waals surface area contributed by atoms with Crippen LogP contribution in [0.25, 0.3) is 21.8 Å². The van der Waals surface area contributed by atoms with Crippen molar-refractivity contribution in [3.63, 3.8) is 0 Å². The monoisotopic (exact) mass is 246 g/mol. The summed E-state index contributed by atoms with van der Waals surface area (Å²) in [4.78, 5) is 4.54. The third-order valence-corrected chi connectivity index (χ3v) is 3.19. The zero-order chi connectivity index (χ0) is 11.3. The van der Waals surface area contributed by atoms with Crippen LogP contribution >= 0.6 is 12.4 Å². The van der Waals surface area contributed by atoms with Crippen molar-refractivity contribution >= 4 is 34.2 Å². The summed E-state index contributed by atoms with van der Waals surface area (Å²) in [6.45, 7) is 4.13. The molecule has 0 radical (unpaired) electrons. The Morgan fingerprint density at radius 1 is 1.06 bits per heavy atom. The molecule has 2 aromatic heterocycles. The molecule has 3 aromatic rings. The first kappa shape index (κ1) is 11.9. The molecule has 0 saturated carbocycles. The largest absolute Gasteiger partial charge is 0.342 e. The number of fused-ring (bicyclic) bond motifs is 3. The van der Waals surface area contributed by atoms with Crippen LogP contribution in [0, 0.1) is 13.8 Å². The van der Waals surface area contributed by atoms with Crippen LogP contribution in [0.4, 0.5) is 0 Å². The summed E-state index contributed by atoms with van der Waals surface area (Å²) < 4.78 is 2.23. The van der Waals surface area contributed by atoms with E-state index in [1.54, 1.807) is 0 Å². The number of hydrogen-bond acceptors (Lipinski definition) is 1. The van der Waals surface area contributed by atoms with E-state index in [-0.39, 0.29) is 12.4 Å². The van der Waals surface area contributed by atoms with Gasteiger partial charge in [0.2, 0.25) is 0 Å². The van der Waals surface area contributed by atoms with Crippen LogP contribution < -0.4 is 0 Å². The number of nitrogens with zero attached hydrogens (tertiary/aromatic N) is 2. The molecular weight excluding hydrogens is 232 g/mol. The molecule has 1 aromatic carbocycles. The van der Waals surface area contributed by atoms with Gasteiger partial charge >= 0.3 is 0 Å². The lowest BCUT2D eigenvalue weighted by Crippen LogP contribution is -1.92. The minimum absolute atomic E-state index is 0. The van der Waals surface area contributed by atoms with Gasteiger partial charge in [-0.3, -0.25) is 4.98 Å². The highest BCUT2D eigenvalue weighted by Crippen LogP contribution is 2.29. The molecule has 2 nitrogen and oxygen atoms in total. The van der Waals surface area contributed by atoms with Crippen molar-refractivity contribution in [3.8, 4) is 0 Å². The Kier molecular flexibility index (Phi) is 2.84. The second-order valence-corrected chi connectivity index (χ2v) is 4.32. The summed E-state index contributed by atoms with van der Waals surface area (Å²) in [5, 5.41) is 2.62. The van der Waals surface area contributed by atoms with E-state index in [1.165, 1.54) is 21.8 Å². The topological polar surface area (TPSA) is 17.8 Å². The molecule has 0 fully saturated rings. The van der Waals surface area contributed by atoms with Gasteiger partial charge in [-0.2, -0.15) is 0 Å². The van der Waals surface area contributed by atoms with E-state index in [0.29, 0.717) is 0 Å². The average Bonchev–Trinajstić information content (AvgIpc) is 2.54. The minimum Gasteiger partial charge on any atom is -0.342 e. The number of aryl methyl sites for hydroxylation is 3. The maximum absolute atomic E-state index is 4.54. The predicted octanol–water partition coefficient (Wildman–Crippen LogP) is 3.77.